The fourth-order valence-electron chi connectivity index (χ4n) is 1.80. The van der Waals surface area contributed by atoms with Gasteiger partial charge in [-0.15, -0.1) is 0 Å². The Labute approximate surface area is 115 Å². The summed E-state index contributed by atoms with van der Waals surface area (Å²) >= 11 is 0. The van der Waals surface area contributed by atoms with Gasteiger partial charge in [0.05, 0.1) is 6.20 Å². The van der Waals surface area contributed by atoms with Crippen molar-refractivity contribution in [3.63, 3.8) is 0 Å². The maximum Gasteiger partial charge on any atom is 0.325 e. The van der Waals surface area contributed by atoms with Gasteiger partial charge in [0.1, 0.15) is 12.2 Å². The summed E-state index contributed by atoms with van der Waals surface area (Å²) in [4.78, 5) is 24.2. The molecule has 0 saturated heterocycles. The largest absolute Gasteiger partial charge is 0.480 e. The van der Waals surface area contributed by atoms with Gasteiger partial charge >= 0.3 is 5.97 Å². The number of hydrogen-bond acceptors (Lipinski definition) is 4. The van der Waals surface area contributed by atoms with Crippen LogP contribution in [0, 0.1) is 0 Å². The fourth-order valence-corrected chi connectivity index (χ4v) is 1.80. The third kappa shape index (κ3) is 3.22. The molecule has 0 bridgehead atoms. The summed E-state index contributed by atoms with van der Waals surface area (Å²) in [5, 5.41) is 16.6. The number of hydrogen-bond donors (Lipinski definition) is 1. The minimum atomic E-state index is -1.00. The lowest BCUT2D eigenvalue weighted by molar-refractivity contribution is -0.137. The van der Waals surface area contributed by atoms with Crippen molar-refractivity contribution in [1.82, 2.24) is 24.5 Å². The summed E-state index contributed by atoms with van der Waals surface area (Å²) in [7, 11) is 3.46. The van der Waals surface area contributed by atoms with Crippen LogP contribution < -0.4 is 0 Å². The second-order valence-corrected chi connectivity index (χ2v) is 4.48. The minimum absolute atomic E-state index is 0.220. The van der Waals surface area contributed by atoms with Crippen LogP contribution in [0.25, 0.3) is 0 Å². The molecule has 0 aliphatic carbocycles. The molecule has 0 saturated carbocycles. The summed E-state index contributed by atoms with van der Waals surface area (Å²) in [6, 6.07) is 1.50. The number of carbonyl (C=O) groups excluding carboxylic acids is 1. The third-order valence-corrected chi connectivity index (χ3v) is 2.68. The first-order valence-electron chi connectivity index (χ1n) is 5.94. The van der Waals surface area contributed by atoms with Crippen LogP contribution in [-0.2, 0) is 24.9 Å². The quantitative estimate of drug-likeness (QED) is 0.828. The number of amides is 1. The van der Waals surface area contributed by atoms with Gasteiger partial charge < -0.3 is 10.0 Å². The molecule has 106 valence electrons. The Hall–Kier alpha value is -2.64. The SMILES string of the molecule is CN(Cc1cnn(C)c1)C(=O)c1ccn(CC(=O)O)n1. The van der Waals surface area contributed by atoms with Gasteiger partial charge in [0.2, 0.25) is 0 Å². The van der Waals surface area contributed by atoms with Gasteiger partial charge in [-0.2, -0.15) is 10.2 Å². The van der Waals surface area contributed by atoms with E-state index in [9.17, 15) is 9.59 Å². The van der Waals surface area contributed by atoms with Crippen LogP contribution in [0.4, 0.5) is 0 Å². The lowest BCUT2D eigenvalue weighted by Gasteiger charge is -2.14. The number of carbonyl (C=O) groups is 2. The highest BCUT2D eigenvalue weighted by atomic mass is 16.4. The molecule has 1 N–H and O–H groups in total. The molecule has 1 amide bonds. The number of carboxylic acid groups (broad SMARTS) is 1. The number of rotatable bonds is 5. The molecule has 0 atom stereocenters. The maximum absolute atomic E-state index is 12.1. The molecule has 2 aromatic heterocycles. The average molecular weight is 277 g/mol. The van der Waals surface area contributed by atoms with Gasteiger partial charge in [0.25, 0.3) is 5.91 Å². The van der Waals surface area contributed by atoms with E-state index < -0.39 is 5.97 Å². The predicted molar refractivity (Wildman–Crippen MR) is 68.9 cm³/mol. The van der Waals surface area contributed by atoms with Gasteiger partial charge in [-0.1, -0.05) is 0 Å². The summed E-state index contributed by atoms with van der Waals surface area (Å²) in [6.07, 6.45) is 4.99. The van der Waals surface area contributed by atoms with Crippen LogP contribution in [0.2, 0.25) is 0 Å². The molecule has 0 spiro atoms. The van der Waals surface area contributed by atoms with E-state index in [1.807, 2.05) is 6.20 Å². The molecule has 2 heterocycles. The fraction of sp³-hybridized carbons (Fsp3) is 0.333. The van der Waals surface area contributed by atoms with E-state index in [0.717, 1.165) is 5.56 Å². The van der Waals surface area contributed by atoms with Crippen LogP contribution in [0.1, 0.15) is 16.1 Å². The zero-order chi connectivity index (χ0) is 14.7. The molecule has 0 radical (unpaired) electrons. The average Bonchev–Trinajstić information content (AvgIpc) is 2.97. The van der Waals surface area contributed by atoms with E-state index >= 15 is 0 Å². The molecular formula is C12H15N5O3. The smallest absolute Gasteiger partial charge is 0.325 e. The van der Waals surface area contributed by atoms with E-state index in [4.69, 9.17) is 5.11 Å². The lowest BCUT2D eigenvalue weighted by atomic mass is 10.3. The van der Waals surface area contributed by atoms with Gasteiger partial charge in [-0.3, -0.25) is 19.0 Å². The molecule has 8 heteroatoms. The lowest BCUT2D eigenvalue weighted by Crippen LogP contribution is -2.26. The standard InChI is InChI=1S/C12H15N5O3/c1-15(6-9-5-13-16(2)7-9)12(20)10-3-4-17(14-10)8-11(18)19/h3-5,7H,6,8H2,1-2H3,(H,18,19). The van der Waals surface area contributed by atoms with Gasteiger partial charge in [-0.05, 0) is 6.07 Å². The van der Waals surface area contributed by atoms with Crippen molar-refractivity contribution in [3.8, 4) is 0 Å². The summed E-state index contributed by atoms with van der Waals surface area (Å²) in [6.45, 7) is 0.151. The topological polar surface area (TPSA) is 93.2 Å². The van der Waals surface area contributed by atoms with Crippen LogP contribution in [-0.4, -0.2) is 48.5 Å². The number of carboxylic acids is 1. The van der Waals surface area contributed by atoms with Crippen molar-refractivity contribution in [2.75, 3.05) is 7.05 Å². The Morgan fingerprint density at radius 2 is 2.20 bits per heavy atom. The number of aromatic nitrogens is 4. The molecule has 20 heavy (non-hydrogen) atoms. The van der Waals surface area contributed by atoms with E-state index in [1.54, 1.807) is 25.0 Å². The van der Waals surface area contributed by atoms with Crippen LogP contribution in [0.5, 0.6) is 0 Å². The molecule has 8 nitrogen and oxygen atoms in total. The molecule has 0 fully saturated rings. The normalized spacial score (nSPS) is 10.5. The van der Waals surface area contributed by atoms with Gasteiger partial charge in [0, 0.05) is 38.6 Å². The first-order valence-corrected chi connectivity index (χ1v) is 5.94. The molecule has 2 rings (SSSR count). The molecule has 0 aliphatic heterocycles. The zero-order valence-electron chi connectivity index (χ0n) is 11.2. The second-order valence-electron chi connectivity index (χ2n) is 4.48. The third-order valence-electron chi connectivity index (χ3n) is 2.68. The highest BCUT2D eigenvalue weighted by Gasteiger charge is 2.16. The highest BCUT2D eigenvalue weighted by molar-refractivity contribution is 5.92. The number of nitrogens with zero attached hydrogens (tertiary/aromatic N) is 5. The van der Waals surface area contributed by atoms with Crippen LogP contribution in [0.15, 0.2) is 24.7 Å². The highest BCUT2D eigenvalue weighted by Crippen LogP contribution is 2.06. The van der Waals surface area contributed by atoms with E-state index in [1.165, 1.54) is 21.8 Å². The Bertz CT molecular complexity index is 631. The van der Waals surface area contributed by atoms with Crippen LogP contribution >= 0.6 is 0 Å². The maximum atomic E-state index is 12.1. The Kier molecular flexibility index (Phi) is 3.83. The molecule has 2 aromatic rings. The minimum Gasteiger partial charge on any atom is -0.480 e. The zero-order valence-corrected chi connectivity index (χ0v) is 11.2. The number of aryl methyl sites for hydroxylation is 1. The monoisotopic (exact) mass is 277 g/mol. The molecular weight excluding hydrogens is 262 g/mol. The van der Waals surface area contributed by atoms with E-state index in [-0.39, 0.29) is 18.1 Å². The van der Waals surface area contributed by atoms with Crippen LogP contribution in [0.3, 0.4) is 0 Å². The predicted octanol–water partition coefficient (Wildman–Crippen LogP) is -0.0266. The molecule has 0 aliphatic rings. The van der Waals surface area contributed by atoms with Gasteiger partial charge in [-0.25, -0.2) is 0 Å². The van der Waals surface area contributed by atoms with Crippen molar-refractivity contribution in [2.24, 2.45) is 7.05 Å². The van der Waals surface area contributed by atoms with Crippen molar-refractivity contribution < 1.29 is 14.7 Å². The van der Waals surface area contributed by atoms with Crippen molar-refractivity contribution in [3.05, 3.63) is 35.9 Å². The van der Waals surface area contributed by atoms with Crippen molar-refractivity contribution in [2.45, 2.75) is 13.1 Å². The summed E-state index contributed by atoms with van der Waals surface area (Å²) < 4.78 is 2.88. The molecule has 0 unspecified atom stereocenters. The Morgan fingerprint density at radius 3 is 2.80 bits per heavy atom. The first-order chi connectivity index (χ1) is 9.45. The Morgan fingerprint density at radius 1 is 1.45 bits per heavy atom. The van der Waals surface area contributed by atoms with Gasteiger partial charge in [0.15, 0.2) is 0 Å². The first kappa shape index (κ1) is 13.8. The Balaban J connectivity index is 2.02. The van der Waals surface area contributed by atoms with Crippen molar-refractivity contribution >= 4 is 11.9 Å². The number of aliphatic carboxylic acids is 1. The van der Waals surface area contributed by atoms with E-state index in [0.29, 0.717) is 6.54 Å². The second kappa shape index (κ2) is 5.55. The molecule has 0 aromatic carbocycles. The summed E-state index contributed by atoms with van der Waals surface area (Å²) in [5.41, 5.74) is 1.13. The summed E-state index contributed by atoms with van der Waals surface area (Å²) in [5.74, 6) is -1.27. The van der Waals surface area contributed by atoms with Crippen molar-refractivity contribution in [1.29, 1.82) is 0 Å². The van der Waals surface area contributed by atoms with E-state index in [2.05, 4.69) is 10.2 Å².